The molecule has 0 unspecified atom stereocenters. The van der Waals surface area contributed by atoms with Crippen LogP contribution in [0, 0.1) is 6.92 Å². The molecule has 5 nitrogen and oxygen atoms in total. The topological polar surface area (TPSA) is 49.9 Å². The van der Waals surface area contributed by atoms with Gasteiger partial charge in [-0.25, -0.2) is 4.90 Å². The van der Waals surface area contributed by atoms with Crippen molar-refractivity contribution in [3.8, 4) is 5.75 Å². The molecule has 0 radical (unpaired) electrons. The molecule has 3 aromatic carbocycles. The van der Waals surface area contributed by atoms with Crippen molar-refractivity contribution >= 4 is 40.4 Å². The lowest BCUT2D eigenvalue weighted by Crippen LogP contribution is -2.37. The average Bonchev–Trinajstić information content (AvgIpc) is 3.10. The smallest absolute Gasteiger partial charge is 0.282 e. The number of anilines is 2. The third-order valence-corrected chi connectivity index (χ3v) is 6.71. The number of aryl methyl sites for hydroxylation is 1. The van der Waals surface area contributed by atoms with Crippen LogP contribution >= 0.6 is 11.6 Å². The van der Waals surface area contributed by atoms with Gasteiger partial charge in [-0.1, -0.05) is 48.0 Å². The summed E-state index contributed by atoms with van der Waals surface area (Å²) in [6, 6.07) is 20.6. The monoisotopic (exact) mass is 458 g/mol. The van der Waals surface area contributed by atoms with Crippen molar-refractivity contribution in [2.24, 2.45) is 0 Å². The van der Waals surface area contributed by atoms with E-state index in [1.807, 2.05) is 42.2 Å². The third-order valence-electron chi connectivity index (χ3n) is 6.30. The van der Waals surface area contributed by atoms with E-state index in [4.69, 9.17) is 16.3 Å². The second-order valence-corrected chi connectivity index (χ2v) is 8.57. The van der Waals surface area contributed by atoms with Gasteiger partial charge < -0.3 is 9.64 Å². The number of methoxy groups -OCH3 is 1. The molecule has 0 fully saturated rings. The van der Waals surface area contributed by atoms with Crippen molar-refractivity contribution in [3.63, 3.8) is 0 Å². The summed E-state index contributed by atoms with van der Waals surface area (Å²) in [6.07, 6.45) is 1.84. The number of nitrogens with zero attached hydrogens (tertiary/aromatic N) is 2. The zero-order valence-corrected chi connectivity index (χ0v) is 19.2. The number of benzene rings is 3. The summed E-state index contributed by atoms with van der Waals surface area (Å²) in [5.74, 6) is -0.00925. The van der Waals surface area contributed by atoms with Crippen LogP contribution in [0.25, 0.3) is 5.57 Å². The van der Waals surface area contributed by atoms with Crippen LogP contribution in [-0.2, 0) is 16.0 Å². The lowest BCUT2D eigenvalue weighted by Gasteiger charge is -2.32. The molecule has 0 spiro atoms. The molecule has 0 aromatic heterocycles. The highest BCUT2D eigenvalue weighted by molar-refractivity contribution is 6.46. The molecule has 2 aliphatic heterocycles. The standard InChI is InChI=1S/C27H23ClN2O3/c1-17-21(28)9-5-11-22(17)30-26(31)24(19-12-14-20(33-2)15-13-19)25(27(30)32)29-16-6-8-18-7-3-4-10-23(18)29/h3-5,7,9-15H,6,8,16H2,1-2H3. The lowest BCUT2D eigenvalue weighted by atomic mass is 9.98. The molecule has 33 heavy (non-hydrogen) atoms. The zero-order chi connectivity index (χ0) is 23.1. The van der Waals surface area contributed by atoms with Crippen LogP contribution in [-0.4, -0.2) is 25.5 Å². The van der Waals surface area contributed by atoms with Crippen LogP contribution < -0.4 is 14.5 Å². The Balaban J connectivity index is 1.71. The van der Waals surface area contributed by atoms with Crippen molar-refractivity contribution in [1.29, 1.82) is 0 Å². The Morgan fingerprint density at radius 1 is 0.879 bits per heavy atom. The Labute approximate surface area is 197 Å². The van der Waals surface area contributed by atoms with Crippen molar-refractivity contribution in [3.05, 3.63) is 94.1 Å². The first kappa shape index (κ1) is 21.3. The second-order valence-electron chi connectivity index (χ2n) is 8.17. The Morgan fingerprint density at radius 2 is 1.61 bits per heavy atom. The highest BCUT2D eigenvalue weighted by atomic mass is 35.5. The molecule has 0 aliphatic carbocycles. The maximum Gasteiger partial charge on any atom is 0.282 e. The first-order chi connectivity index (χ1) is 16.0. The molecule has 5 rings (SSSR count). The second kappa shape index (κ2) is 8.41. The highest BCUT2D eigenvalue weighted by Crippen LogP contribution is 2.41. The normalized spacial score (nSPS) is 15.8. The number of para-hydroxylation sites is 1. The molecule has 6 heteroatoms. The summed E-state index contributed by atoms with van der Waals surface area (Å²) in [6.45, 7) is 2.48. The summed E-state index contributed by atoms with van der Waals surface area (Å²) in [7, 11) is 1.60. The molecule has 3 aromatic rings. The Kier molecular flexibility index (Phi) is 5.43. The van der Waals surface area contributed by atoms with Gasteiger partial charge in [0.25, 0.3) is 11.8 Å². The summed E-state index contributed by atoms with van der Waals surface area (Å²) in [5.41, 5.74) is 4.79. The minimum absolute atomic E-state index is 0.340. The summed E-state index contributed by atoms with van der Waals surface area (Å²) in [5, 5.41) is 0.510. The van der Waals surface area contributed by atoms with Gasteiger partial charge in [-0.05, 0) is 66.8 Å². The number of hydrogen-bond donors (Lipinski definition) is 0. The number of imide groups is 1. The van der Waals surface area contributed by atoms with Gasteiger partial charge in [0.2, 0.25) is 0 Å². The van der Waals surface area contributed by atoms with E-state index < -0.39 is 0 Å². The summed E-state index contributed by atoms with van der Waals surface area (Å²) < 4.78 is 5.29. The minimum atomic E-state index is -0.353. The number of carbonyl (C=O) groups is 2. The van der Waals surface area contributed by atoms with E-state index in [0.717, 1.165) is 18.5 Å². The van der Waals surface area contributed by atoms with Crippen LogP contribution in [0.3, 0.4) is 0 Å². The number of ether oxygens (including phenoxy) is 1. The van der Waals surface area contributed by atoms with E-state index >= 15 is 0 Å². The largest absolute Gasteiger partial charge is 0.497 e. The summed E-state index contributed by atoms with van der Waals surface area (Å²) in [4.78, 5) is 31.0. The fraction of sp³-hybridized carbons (Fsp3) is 0.185. The van der Waals surface area contributed by atoms with Crippen molar-refractivity contribution in [2.45, 2.75) is 19.8 Å². The van der Waals surface area contributed by atoms with Crippen molar-refractivity contribution in [1.82, 2.24) is 0 Å². The van der Waals surface area contributed by atoms with E-state index in [9.17, 15) is 9.59 Å². The highest BCUT2D eigenvalue weighted by Gasteiger charge is 2.44. The van der Waals surface area contributed by atoms with Crippen molar-refractivity contribution in [2.75, 3.05) is 23.5 Å². The van der Waals surface area contributed by atoms with Crippen LogP contribution in [0.4, 0.5) is 11.4 Å². The van der Waals surface area contributed by atoms with E-state index in [2.05, 4.69) is 6.07 Å². The van der Waals surface area contributed by atoms with E-state index in [1.54, 1.807) is 37.4 Å². The van der Waals surface area contributed by atoms with Gasteiger partial charge in [-0.3, -0.25) is 9.59 Å². The fourth-order valence-corrected chi connectivity index (χ4v) is 4.78. The molecular formula is C27H23ClN2O3. The molecule has 2 aliphatic rings. The number of carbonyl (C=O) groups excluding carboxylic acids is 2. The van der Waals surface area contributed by atoms with Gasteiger partial charge in [0.1, 0.15) is 11.4 Å². The third kappa shape index (κ3) is 3.49. The Bertz CT molecular complexity index is 1300. The van der Waals surface area contributed by atoms with Crippen LogP contribution in [0.2, 0.25) is 5.02 Å². The molecule has 0 saturated heterocycles. The fourth-order valence-electron chi connectivity index (χ4n) is 4.61. The lowest BCUT2D eigenvalue weighted by molar-refractivity contribution is -0.120. The number of halogens is 1. The first-order valence-corrected chi connectivity index (χ1v) is 11.3. The van der Waals surface area contributed by atoms with Gasteiger partial charge in [0.05, 0.1) is 18.4 Å². The molecular weight excluding hydrogens is 436 g/mol. The summed E-state index contributed by atoms with van der Waals surface area (Å²) >= 11 is 6.34. The van der Waals surface area contributed by atoms with Gasteiger partial charge >= 0.3 is 0 Å². The number of hydrogen-bond acceptors (Lipinski definition) is 4. The van der Waals surface area contributed by atoms with Crippen LogP contribution in [0.15, 0.2) is 72.4 Å². The zero-order valence-electron chi connectivity index (χ0n) is 18.5. The van der Waals surface area contributed by atoms with E-state index in [-0.39, 0.29) is 11.8 Å². The average molecular weight is 459 g/mol. The van der Waals surface area contributed by atoms with Gasteiger partial charge in [0.15, 0.2) is 0 Å². The maximum atomic E-state index is 13.9. The number of rotatable bonds is 4. The quantitative estimate of drug-likeness (QED) is 0.491. The molecule has 0 bridgehead atoms. The first-order valence-electron chi connectivity index (χ1n) is 10.9. The van der Waals surface area contributed by atoms with Gasteiger partial charge in [-0.15, -0.1) is 0 Å². The molecule has 0 saturated carbocycles. The van der Waals surface area contributed by atoms with E-state index in [0.29, 0.717) is 45.4 Å². The molecule has 166 valence electrons. The predicted molar refractivity (Wildman–Crippen MR) is 131 cm³/mol. The van der Waals surface area contributed by atoms with Crippen molar-refractivity contribution < 1.29 is 14.3 Å². The SMILES string of the molecule is COc1ccc(C2=C(N3CCCc4ccccc43)C(=O)N(c3cccc(Cl)c3C)C2=O)cc1. The molecule has 0 atom stereocenters. The molecule has 0 N–H and O–H groups in total. The Hall–Kier alpha value is -3.57. The number of fused-ring (bicyclic) bond motifs is 1. The predicted octanol–water partition coefficient (Wildman–Crippen LogP) is 5.39. The van der Waals surface area contributed by atoms with Crippen LogP contribution in [0.5, 0.6) is 5.75 Å². The maximum absolute atomic E-state index is 13.9. The van der Waals surface area contributed by atoms with Crippen LogP contribution in [0.1, 0.15) is 23.1 Å². The van der Waals surface area contributed by atoms with E-state index in [1.165, 1.54) is 10.5 Å². The molecule has 2 heterocycles. The van der Waals surface area contributed by atoms with Gasteiger partial charge in [0, 0.05) is 17.3 Å². The molecule has 2 amide bonds. The number of amides is 2. The van der Waals surface area contributed by atoms with Gasteiger partial charge in [-0.2, -0.15) is 0 Å². The Morgan fingerprint density at radius 3 is 2.36 bits per heavy atom. The minimum Gasteiger partial charge on any atom is -0.497 e.